The van der Waals surface area contributed by atoms with E-state index in [0.29, 0.717) is 27.2 Å². The maximum atomic E-state index is 12.7. The van der Waals surface area contributed by atoms with Gasteiger partial charge in [-0.3, -0.25) is 9.59 Å². The van der Waals surface area contributed by atoms with Gasteiger partial charge in [0.2, 0.25) is 5.43 Å². The van der Waals surface area contributed by atoms with E-state index in [2.05, 4.69) is 5.32 Å². The number of fused-ring (bicyclic) bond motifs is 1. The number of aryl methyl sites for hydroxylation is 1. The number of hydrogen-bond acceptors (Lipinski definition) is 4. The molecule has 144 valence electrons. The van der Waals surface area contributed by atoms with Crippen LogP contribution in [0.4, 0.5) is 5.69 Å². The second-order valence-electron chi connectivity index (χ2n) is 6.63. The first-order valence-corrected chi connectivity index (χ1v) is 9.05. The summed E-state index contributed by atoms with van der Waals surface area (Å²) in [6.07, 6.45) is 1.27. The number of nitrogens with one attached hydrogen (secondary N) is 1. The second kappa shape index (κ2) is 7.86. The fraction of sp³-hybridized carbons (Fsp3) is 0.190. The van der Waals surface area contributed by atoms with Crippen molar-refractivity contribution >= 4 is 40.1 Å². The Morgan fingerprint density at radius 1 is 1.11 bits per heavy atom. The molecular weight excluding hydrogens is 380 g/mol. The van der Waals surface area contributed by atoms with Crippen molar-refractivity contribution in [2.24, 2.45) is 7.05 Å². The van der Waals surface area contributed by atoms with E-state index in [1.54, 1.807) is 67.9 Å². The lowest BCUT2D eigenvalue weighted by atomic mass is 10.1. The van der Waals surface area contributed by atoms with E-state index in [0.717, 1.165) is 0 Å². The first-order chi connectivity index (χ1) is 13.3. The van der Waals surface area contributed by atoms with Crippen molar-refractivity contribution in [3.8, 4) is 0 Å². The van der Waals surface area contributed by atoms with E-state index in [-0.39, 0.29) is 11.7 Å². The van der Waals surface area contributed by atoms with Crippen molar-refractivity contribution in [3.05, 3.63) is 75.0 Å². The van der Waals surface area contributed by atoms with Crippen LogP contribution in [0, 0.1) is 0 Å². The molecule has 0 saturated heterocycles. The summed E-state index contributed by atoms with van der Waals surface area (Å²) in [5.41, 5.74) is 1.12. The summed E-state index contributed by atoms with van der Waals surface area (Å²) in [5.74, 6) is -0.979. The van der Waals surface area contributed by atoms with Crippen LogP contribution in [0.2, 0.25) is 5.02 Å². The number of pyridine rings is 1. The Hall–Kier alpha value is -3.12. The molecule has 0 radical (unpaired) electrons. The van der Waals surface area contributed by atoms with Crippen LogP contribution >= 0.6 is 11.6 Å². The van der Waals surface area contributed by atoms with Crippen molar-refractivity contribution in [2.45, 2.75) is 20.0 Å². The van der Waals surface area contributed by atoms with Gasteiger partial charge in [0.15, 0.2) is 0 Å². The third-order valence-electron chi connectivity index (χ3n) is 4.12. The van der Waals surface area contributed by atoms with Crippen LogP contribution in [0.15, 0.2) is 53.5 Å². The number of benzene rings is 2. The van der Waals surface area contributed by atoms with Crippen molar-refractivity contribution in [2.75, 3.05) is 5.32 Å². The summed E-state index contributed by atoms with van der Waals surface area (Å²) < 4.78 is 6.83. The molecule has 1 aromatic heterocycles. The summed E-state index contributed by atoms with van der Waals surface area (Å²) in [5, 5.41) is 3.47. The van der Waals surface area contributed by atoms with Crippen LogP contribution in [-0.4, -0.2) is 22.5 Å². The van der Waals surface area contributed by atoms with Crippen LogP contribution < -0.4 is 10.7 Å². The van der Waals surface area contributed by atoms with Crippen molar-refractivity contribution in [1.29, 1.82) is 0 Å². The van der Waals surface area contributed by atoms with Gasteiger partial charge in [0.25, 0.3) is 5.91 Å². The second-order valence-corrected chi connectivity index (χ2v) is 7.07. The highest BCUT2D eigenvalue weighted by molar-refractivity contribution is 6.31. The Labute approximate surface area is 166 Å². The molecular formula is C21H19ClN2O4. The Bertz CT molecular complexity index is 1120. The molecule has 0 fully saturated rings. The number of nitrogens with zero attached hydrogens (tertiary/aromatic N) is 1. The molecule has 0 spiro atoms. The largest absolute Gasteiger partial charge is 0.459 e. The Morgan fingerprint density at radius 3 is 2.43 bits per heavy atom. The summed E-state index contributed by atoms with van der Waals surface area (Å²) in [7, 11) is 1.75. The van der Waals surface area contributed by atoms with E-state index in [4.69, 9.17) is 16.3 Å². The molecule has 0 aliphatic rings. The molecule has 0 aliphatic heterocycles. The Balaban J connectivity index is 1.86. The molecule has 7 heteroatoms. The normalized spacial score (nSPS) is 10.9. The van der Waals surface area contributed by atoms with Crippen molar-refractivity contribution < 1.29 is 14.3 Å². The first-order valence-electron chi connectivity index (χ1n) is 8.67. The van der Waals surface area contributed by atoms with Crippen molar-refractivity contribution in [3.63, 3.8) is 0 Å². The standard InChI is InChI=1S/C21H19ClN2O4/c1-12(2)28-21(27)13-4-7-15(8-5-13)23-20(26)17-11-24(3)18-9-6-14(22)10-16(18)19(17)25/h4-12H,1-3H3,(H,23,26). The summed E-state index contributed by atoms with van der Waals surface area (Å²) >= 11 is 5.99. The highest BCUT2D eigenvalue weighted by atomic mass is 35.5. The molecule has 0 bridgehead atoms. The summed E-state index contributed by atoms with van der Waals surface area (Å²) in [6.45, 7) is 3.54. The lowest BCUT2D eigenvalue weighted by Gasteiger charge is -2.11. The van der Waals surface area contributed by atoms with Gasteiger partial charge in [-0.05, 0) is 56.3 Å². The van der Waals surface area contributed by atoms with Crippen LogP contribution in [0.3, 0.4) is 0 Å². The third kappa shape index (κ3) is 4.07. The maximum absolute atomic E-state index is 12.7. The zero-order chi connectivity index (χ0) is 20.4. The molecule has 3 rings (SSSR count). The van der Waals surface area contributed by atoms with Gasteiger partial charge in [0.05, 0.1) is 17.2 Å². The van der Waals surface area contributed by atoms with Crippen LogP contribution in [0.25, 0.3) is 10.9 Å². The average Bonchev–Trinajstić information content (AvgIpc) is 2.64. The molecule has 2 aromatic carbocycles. The smallest absolute Gasteiger partial charge is 0.338 e. The molecule has 0 atom stereocenters. The van der Waals surface area contributed by atoms with Crippen LogP contribution in [0.5, 0.6) is 0 Å². The molecule has 1 amide bonds. The molecule has 3 aromatic rings. The third-order valence-corrected chi connectivity index (χ3v) is 4.35. The molecule has 1 N–H and O–H groups in total. The molecule has 0 aliphatic carbocycles. The molecule has 1 heterocycles. The minimum absolute atomic E-state index is 0.000519. The number of halogens is 1. The predicted octanol–water partition coefficient (Wildman–Crippen LogP) is 4.01. The number of hydrogen-bond donors (Lipinski definition) is 1. The number of carbonyl (C=O) groups is 2. The van der Waals surface area contributed by atoms with Gasteiger partial charge in [0, 0.05) is 29.3 Å². The van der Waals surface area contributed by atoms with Crippen LogP contribution in [-0.2, 0) is 11.8 Å². The maximum Gasteiger partial charge on any atom is 0.338 e. The van der Waals surface area contributed by atoms with Gasteiger partial charge in [-0.15, -0.1) is 0 Å². The number of rotatable bonds is 4. The lowest BCUT2D eigenvalue weighted by Crippen LogP contribution is -2.23. The topological polar surface area (TPSA) is 77.4 Å². The minimum Gasteiger partial charge on any atom is -0.459 e. The Morgan fingerprint density at radius 2 is 1.79 bits per heavy atom. The van der Waals surface area contributed by atoms with E-state index in [9.17, 15) is 14.4 Å². The number of amides is 1. The van der Waals surface area contributed by atoms with Crippen molar-refractivity contribution in [1.82, 2.24) is 4.57 Å². The molecule has 0 saturated carbocycles. The number of ether oxygens (including phenoxy) is 1. The number of carbonyl (C=O) groups excluding carboxylic acids is 2. The van der Waals surface area contributed by atoms with Crippen LogP contribution in [0.1, 0.15) is 34.6 Å². The monoisotopic (exact) mass is 398 g/mol. The summed E-state index contributed by atoms with van der Waals surface area (Å²) in [6, 6.07) is 11.2. The molecule has 0 unspecified atom stereocenters. The summed E-state index contributed by atoms with van der Waals surface area (Å²) in [4.78, 5) is 37.2. The fourth-order valence-electron chi connectivity index (χ4n) is 2.80. The number of aromatic nitrogens is 1. The van der Waals surface area contributed by atoms with Gasteiger partial charge < -0.3 is 14.6 Å². The van der Waals surface area contributed by atoms with E-state index in [1.807, 2.05) is 0 Å². The van der Waals surface area contributed by atoms with E-state index in [1.165, 1.54) is 6.20 Å². The quantitative estimate of drug-likeness (QED) is 0.673. The zero-order valence-electron chi connectivity index (χ0n) is 15.7. The molecule has 28 heavy (non-hydrogen) atoms. The highest BCUT2D eigenvalue weighted by Crippen LogP contribution is 2.18. The number of anilines is 1. The minimum atomic E-state index is -0.542. The average molecular weight is 399 g/mol. The number of esters is 1. The van der Waals surface area contributed by atoms with E-state index < -0.39 is 17.3 Å². The molecule has 6 nitrogen and oxygen atoms in total. The first kappa shape index (κ1) is 19.6. The predicted molar refractivity (Wildman–Crippen MR) is 109 cm³/mol. The van der Waals surface area contributed by atoms with Gasteiger partial charge >= 0.3 is 5.97 Å². The van der Waals surface area contributed by atoms with Gasteiger partial charge in [-0.1, -0.05) is 11.6 Å². The highest BCUT2D eigenvalue weighted by Gasteiger charge is 2.16. The zero-order valence-corrected chi connectivity index (χ0v) is 16.4. The van der Waals surface area contributed by atoms with Gasteiger partial charge in [0.1, 0.15) is 5.56 Å². The van der Waals surface area contributed by atoms with E-state index >= 15 is 0 Å². The van der Waals surface area contributed by atoms with Gasteiger partial charge in [-0.2, -0.15) is 0 Å². The fourth-order valence-corrected chi connectivity index (χ4v) is 2.97. The van der Waals surface area contributed by atoms with Gasteiger partial charge in [-0.25, -0.2) is 4.79 Å². The SMILES string of the molecule is CC(C)OC(=O)c1ccc(NC(=O)c2cn(C)c3ccc(Cl)cc3c2=O)cc1. The lowest BCUT2D eigenvalue weighted by molar-refractivity contribution is 0.0378. The Kier molecular flexibility index (Phi) is 5.51.